The minimum absolute atomic E-state index is 0.0726. The van der Waals surface area contributed by atoms with E-state index in [9.17, 15) is 0 Å². The molecule has 0 N–H and O–H groups in total. The Morgan fingerprint density at radius 3 is 2.65 bits per heavy atom. The zero-order valence-corrected chi connectivity index (χ0v) is 12.9. The number of nitrogens with zero attached hydrogens (tertiary/aromatic N) is 2. The molecule has 0 aromatic heterocycles. The summed E-state index contributed by atoms with van der Waals surface area (Å²) in [5.41, 5.74) is 4.15. The molecular weight excluding hydrogens is 248 g/mol. The summed E-state index contributed by atoms with van der Waals surface area (Å²) in [6, 6.07) is 6.73. The van der Waals surface area contributed by atoms with Gasteiger partial charge in [0.05, 0.1) is 12.2 Å². The van der Waals surface area contributed by atoms with Crippen LogP contribution in [0.5, 0.6) is 0 Å². The zero-order chi connectivity index (χ0) is 14.3. The van der Waals surface area contributed by atoms with Gasteiger partial charge in [0.1, 0.15) is 5.76 Å². The van der Waals surface area contributed by atoms with Crippen molar-refractivity contribution < 1.29 is 4.84 Å². The van der Waals surface area contributed by atoms with E-state index in [2.05, 4.69) is 57.0 Å². The SMILES string of the molecule is CN1CCc2ccc(N3CC=C(C(C)(C)C)O3)cc2C1. The molecule has 3 heteroatoms. The van der Waals surface area contributed by atoms with Crippen molar-refractivity contribution in [2.24, 2.45) is 5.41 Å². The van der Waals surface area contributed by atoms with E-state index < -0.39 is 0 Å². The fourth-order valence-electron chi connectivity index (χ4n) is 2.80. The molecule has 1 aromatic carbocycles. The fourth-order valence-corrected chi connectivity index (χ4v) is 2.80. The van der Waals surface area contributed by atoms with Crippen LogP contribution in [-0.4, -0.2) is 25.0 Å². The van der Waals surface area contributed by atoms with Gasteiger partial charge in [-0.2, -0.15) is 0 Å². The Bertz CT molecular complexity index is 542. The van der Waals surface area contributed by atoms with E-state index >= 15 is 0 Å². The predicted octanol–water partition coefficient (Wildman–Crippen LogP) is 3.36. The topological polar surface area (TPSA) is 15.7 Å². The Hall–Kier alpha value is -1.48. The van der Waals surface area contributed by atoms with Crippen molar-refractivity contribution in [1.29, 1.82) is 0 Å². The Balaban J connectivity index is 1.78. The standard InChI is InChI=1S/C17H24N2O/c1-17(2,3)16-8-10-19(20-16)15-6-5-13-7-9-18(4)12-14(13)11-15/h5-6,8,11H,7,9-10,12H2,1-4H3. The molecule has 0 unspecified atom stereocenters. The molecule has 20 heavy (non-hydrogen) atoms. The second kappa shape index (κ2) is 4.81. The summed E-state index contributed by atoms with van der Waals surface area (Å²) in [6.07, 6.45) is 3.34. The quantitative estimate of drug-likeness (QED) is 0.779. The van der Waals surface area contributed by atoms with Crippen molar-refractivity contribution in [3.05, 3.63) is 41.2 Å². The highest BCUT2D eigenvalue weighted by Crippen LogP contribution is 2.33. The van der Waals surface area contributed by atoms with E-state index in [1.807, 2.05) is 5.06 Å². The molecule has 0 spiro atoms. The van der Waals surface area contributed by atoms with Crippen LogP contribution >= 0.6 is 0 Å². The number of rotatable bonds is 1. The lowest BCUT2D eigenvalue weighted by atomic mass is 9.94. The Morgan fingerprint density at radius 2 is 1.95 bits per heavy atom. The van der Waals surface area contributed by atoms with Gasteiger partial charge in [-0.1, -0.05) is 26.8 Å². The molecule has 108 valence electrons. The van der Waals surface area contributed by atoms with Gasteiger partial charge in [-0.25, -0.2) is 5.06 Å². The van der Waals surface area contributed by atoms with Crippen LogP contribution in [0, 0.1) is 5.41 Å². The Morgan fingerprint density at radius 1 is 1.15 bits per heavy atom. The lowest BCUT2D eigenvalue weighted by molar-refractivity contribution is 0.155. The molecule has 0 amide bonds. The molecule has 0 bridgehead atoms. The van der Waals surface area contributed by atoms with E-state index in [0.29, 0.717) is 0 Å². The highest BCUT2D eigenvalue weighted by atomic mass is 16.7. The zero-order valence-electron chi connectivity index (χ0n) is 12.9. The normalized spacial score (nSPS) is 19.6. The lowest BCUT2D eigenvalue weighted by Crippen LogP contribution is -2.27. The third-order valence-corrected chi connectivity index (χ3v) is 4.07. The second-order valence-corrected chi connectivity index (χ2v) is 6.91. The van der Waals surface area contributed by atoms with Gasteiger partial charge >= 0.3 is 0 Å². The van der Waals surface area contributed by atoms with Crippen LogP contribution in [0.1, 0.15) is 31.9 Å². The van der Waals surface area contributed by atoms with Gasteiger partial charge in [-0.3, -0.25) is 0 Å². The molecule has 0 saturated heterocycles. The van der Waals surface area contributed by atoms with Crippen LogP contribution in [0.25, 0.3) is 0 Å². The lowest BCUT2D eigenvalue weighted by Gasteiger charge is -2.28. The summed E-state index contributed by atoms with van der Waals surface area (Å²) in [5.74, 6) is 1.06. The Labute approximate surface area is 121 Å². The average molecular weight is 272 g/mol. The van der Waals surface area contributed by atoms with Gasteiger partial charge in [0.15, 0.2) is 0 Å². The molecule has 0 aliphatic carbocycles. The third-order valence-electron chi connectivity index (χ3n) is 4.07. The van der Waals surface area contributed by atoms with E-state index in [1.165, 1.54) is 11.1 Å². The van der Waals surface area contributed by atoms with Crippen molar-refractivity contribution >= 4 is 5.69 Å². The summed E-state index contributed by atoms with van der Waals surface area (Å²) in [5, 5.41) is 2.00. The first-order chi connectivity index (χ1) is 9.43. The van der Waals surface area contributed by atoms with Crippen LogP contribution in [-0.2, 0) is 17.8 Å². The molecule has 0 atom stereocenters. The molecule has 1 aromatic rings. The molecule has 3 nitrogen and oxygen atoms in total. The van der Waals surface area contributed by atoms with Gasteiger partial charge in [-0.15, -0.1) is 0 Å². The molecule has 0 saturated carbocycles. The molecule has 0 radical (unpaired) electrons. The predicted molar refractivity (Wildman–Crippen MR) is 82.4 cm³/mol. The summed E-state index contributed by atoms with van der Waals surface area (Å²) in [6.45, 7) is 9.58. The van der Waals surface area contributed by atoms with Crippen LogP contribution in [0.4, 0.5) is 5.69 Å². The molecule has 2 aliphatic heterocycles. The molecular formula is C17H24N2O. The van der Waals surface area contributed by atoms with Crippen molar-refractivity contribution in [2.45, 2.75) is 33.7 Å². The summed E-state index contributed by atoms with van der Waals surface area (Å²) < 4.78 is 0. The van der Waals surface area contributed by atoms with E-state index in [1.54, 1.807) is 0 Å². The number of hydroxylamine groups is 1. The van der Waals surface area contributed by atoms with E-state index in [4.69, 9.17) is 4.84 Å². The maximum atomic E-state index is 6.01. The number of allylic oxidation sites excluding steroid dienone is 1. The maximum absolute atomic E-state index is 6.01. The number of likely N-dealkylation sites (N-methyl/N-ethyl adjacent to an activating group) is 1. The fraction of sp³-hybridized carbons (Fsp3) is 0.529. The third kappa shape index (κ3) is 2.55. The van der Waals surface area contributed by atoms with Gasteiger partial charge in [0, 0.05) is 18.5 Å². The van der Waals surface area contributed by atoms with Crippen molar-refractivity contribution in [3.8, 4) is 0 Å². The number of anilines is 1. The highest BCUT2D eigenvalue weighted by molar-refractivity contribution is 5.51. The average Bonchev–Trinajstić information content (AvgIpc) is 2.87. The summed E-state index contributed by atoms with van der Waals surface area (Å²) in [4.78, 5) is 8.38. The molecule has 0 fully saturated rings. The largest absolute Gasteiger partial charge is 0.383 e. The number of fused-ring (bicyclic) bond motifs is 1. The highest BCUT2D eigenvalue weighted by Gasteiger charge is 2.27. The minimum Gasteiger partial charge on any atom is -0.383 e. The van der Waals surface area contributed by atoms with Crippen LogP contribution in [0.2, 0.25) is 0 Å². The Kier molecular flexibility index (Phi) is 3.25. The van der Waals surface area contributed by atoms with Gasteiger partial charge in [0.25, 0.3) is 0 Å². The molecule has 2 aliphatic rings. The maximum Gasteiger partial charge on any atom is 0.135 e. The van der Waals surface area contributed by atoms with Gasteiger partial charge in [0.2, 0.25) is 0 Å². The molecule has 2 heterocycles. The summed E-state index contributed by atoms with van der Waals surface area (Å²) in [7, 11) is 2.18. The van der Waals surface area contributed by atoms with Crippen LogP contribution in [0.15, 0.2) is 30.0 Å². The number of benzene rings is 1. The van der Waals surface area contributed by atoms with Crippen molar-refractivity contribution in [3.63, 3.8) is 0 Å². The minimum atomic E-state index is 0.0726. The monoisotopic (exact) mass is 272 g/mol. The summed E-state index contributed by atoms with van der Waals surface area (Å²) >= 11 is 0. The first-order valence-electron chi connectivity index (χ1n) is 7.40. The number of hydrogen-bond acceptors (Lipinski definition) is 3. The second-order valence-electron chi connectivity index (χ2n) is 6.91. The van der Waals surface area contributed by atoms with Gasteiger partial charge < -0.3 is 9.74 Å². The smallest absolute Gasteiger partial charge is 0.135 e. The van der Waals surface area contributed by atoms with Gasteiger partial charge in [-0.05, 0) is 42.8 Å². The van der Waals surface area contributed by atoms with E-state index in [0.717, 1.165) is 37.5 Å². The first kappa shape index (κ1) is 13.5. The number of hydrogen-bond donors (Lipinski definition) is 0. The molecule has 3 rings (SSSR count). The first-order valence-corrected chi connectivity index (χ1v) is 7.40. The van der Waals surface area contributed by atoms with Crippen LogP contribution in [0.3, 0.4) is 0 Å². The van der Waals surface area contributed by atoms with Crippen molar-refractivity contribution in [2.75, 3.05) is 25.2 Å². The van der Waals surface area contributed by atoms with Crippen LogP contribution < -0.4 is 5.06 Å². The van der Waals surface area contributed by atoms with Crippen molar-refractivity contribution in [1.82, 2.24) is 4.90 Å². The van der Waals surface area contributed by atoms with E-state index in [-0.39, 0.29) is 5.41 Å².